The van der Waals surface area contributed by atoms with Crippen LogP contribution in [0.25, 0.3) is 11.0 Å². The third-order valence-electron chi connectivity index (χ3n) is 4.56. The Morgan fingerprint density at radius 1 is 1.03 bits per heavy atom. The Hall–Kier alpha value is -3.22. The molecule has 7 nitrogen and oxygen atoms in total. The smallest absolute Gasteiger partial charge is 0.191 e. The summed E-state index contributed by atoms with van der Waals surface area (Å²) in [6.45, 7) is 4.30. The number of H-pyrrole nitrogens is 1. The van der Waals surface area contributed by atoms with Crippen LogP contribution in [0.15, 0.2) is 47.5 Å². The maximum atomic E-state index is 5.37. The van der Waals surface area contributed by atoms with Gasteiger partial charge in [-0.25, -0.2) is 4.98 Å². The molecule has 0 aliphatic heterocycles. The van der Waals surface area contributed by atoms with Crippen LogP contribution in [-0.4, -0.2) is 49.8 Å². The fourth-order valence-electron chi connectivity index (χ4n) is 3.10. The van der Waals surface area contributed by atoms with Crippen LogP contribution in [-0.2, 0) is 12.8 Å². The fraction of sp³-hybridized carbons (Fsp3) is 0.364. The molecule has 0 saturated heterocycles. The number of methoxy groups -OCH3 is 2. The van der Waals surface area contributed by atoms with Crippen LogP contribution in [0.3, 0.4) is 0 Å². The number of nitrogens with zero attached hydrogens (tertiary/aromatic N) is 2. The molecule has 0 saturated carbocycles. The average Bonchev–Trinajstić information content (AvgIpc) is 3.16. The Labute approximate surface area is 171 Å². The number of rotatable bonds is 9. The van der Waals surface area contributed by atoms with E-state index in [1.165, 1.54) is 5.56 Å². The molecule has 2 aromatic carbocycles. The fourth-order valence-corrected chi connectivity index (χ4v) is 3.10. The molecular formula is C22H29N5O2. The minimum Gasteiger partial charge on any atom is -0.493 e. The van der Waals surface area contributed by atoms with Crippen molar-refractivity contribution in [2.24, 2.45) is 4.99 Å². The quantitative estimate of drug-likeness (QED) is 0.383. The number of hydrogen-bond donors (Lipinski definition) is 3. The summed E-state index contributed by atoms with van der Waals surface area (Å²) < 4.78 is 10.7. The Kier molecular flexibility index (Phi) is 7.33. The van der Waals surface area contributed by atoms with Crippen molar-refractivity contribution in [3.05, 3.63) is 53.9 Å². The minimum absolute atomic E-state index is 0.658. The van der Waals surface area contributed by atoms with Crippen molar-refractivity contribution in [1.82, 2.24) is 20.6 Å². The summed E-state index contributed by atoms with van der Waals surface area (Å²) in [5, 5.41) is 6.67. The van der Waals surface area contributed by atoms with Crippen LogP contribution >= 0.6 is 0 Å². The summed E-state index contributed by atoms with van der Waals surface area (Å²) in [7, 11) is 3.29. The first-order chi connectivity index (χ1) is 14.2. The summed E-state index contributed by atoms with van der Waals surface area (Å²) >= 11 is 0. The van der Waals surface area contributed by atoms with Gasteiger partial charge in [0.25, 0.3) is 0 Å². The van der Waals surface area contributed by atoms with E-state index in [0.29, 0.717) is 6.54 Å². The largest absolute Gasteiger partial charge is 0.493 e. The molecule has 1 aromatic heterocycles. The Morgan fingerprint density at radius 2 is 1.86 bits per heavy atom. The molecule has 0 aliphatic carbocycles. The van der Waals surface area contributed by atoms with Gasteiger partial charge in [0.2, 0.25) is 0 Å². The molecule has 0 atom stereocenters. The van der Waals surface area contributed by atoms with E-state index in [0.717, 1.165) is 60.2 Å². The van der Waals surface area contributed by atoms with E-state index in [1.54, 1.807) is 14.2 Å². The number of imidazole rings is 1. The van der Waals surface area contributed by atoms with Gasteiger partial charge in [0.15, 0.2) is 17.5 Å². The lowest BCUT2D eigenvalue weighted by Gasteiger charge is -2.12. The summed E-state index contributed by atoms with van der Waals surface area (Å²) in [6, 6.07) is 14.0. The lowest BCUT2D eigenvalue weighted by molar-refractivity contribution is 0.354. The zero-order chi connectivity index (χ0) is 20.5. The molecule has 1 heterocycles. The molecule has 0 spiro atoms. The Balaban J connectivity index is 1.52. The number of guanidine groups is 1. The standard InChI is InChI=1S/C22H29N5O2/c1-4-23-22(24-13-11-16-9-10-19(28-2)20(15-16)29-3)25-14-12-21-26-17-7-5-6-8-18(17)27-21/h5-10,15H,4,11-14H2,1-3H3,(H,26,27)(H2,23,24,25). The number of aromatic amines is 1. The summed E-state index contributed by atoms with van der Waals surface area (Å²) in [5.41, 5.74) is 3.23. The molecule has 0 fully saturated rings. The van der Waals surface area contributed by atoms with Crippen molar-refractivity contribution in [3.8, 4) is 11.5 Å². The molecule has 0 bridgehead atoms. The normalized spacial score (nSPS) is 11.5. The highest BCUT2D eigenvalue weighted by Crippen LogP contribution is 2.27. The number of para-hydroxylation sites is 2. The van der Waals surface area contributed by atoms with E-state index >= 15 is 0 Å². The number of aromatic nitrogens is 2. The SMILES string of the molecule is CCNC(=NCCc1nc2ccccc2[nH]1)NCCc1ccc(OC)c(OC)c1. The van der Waals surface area contributed by atoms with E-state index in [9.17, 15) is 0 Å². The van der Waals surface area contributed by atoms with E-state index < -0.39 is 0 Å². The van der Waals surface area contributed by atoms with Crippen LogP contribution < -0.4 is 20.1 Å². The van der Waals surface area contributed by atoms with E-state index in [4.69, 9.17) is 9.47 Å². The van der Waals surface area contributed by atoms with Gasteiger partial charge in [0.1, 0.15) is 5.82 Å². The molecule has 0 unspecified atom stereocenters. The van der Waals surface area contributed by atoms with Gasteiger partial charge in [0.05, 0.1) is 25.3 Å². The maximum Gasteiger partial charge on any atom is 0.191 e. The van der Waals surface area contributed by atoms with Gasteiger partial charge in [0, 0.05) is 26.1 Å². The Morgan fingerprint density at radius 3 is 2.62 bits per heavy atom. The minimum atomic E-state index is 0.658. The summed E-state index contributed by atoms with van der Waals surface area (Å²) in [6.07, 6.45) is 1.62. The van der Waals surface area contributed by atoms with Crippen LogP contribution in [0.5, 0.6) is 11.5 Å². The first-order valence-electron chi connectivity index (χ1n) is 9.90. The van der Waals surface area contributed by atoms with Crippen molar-refractivity contribution in [3.63, 3.8) is 0 Å². The van der Waals surface area contributed by atoms with Gasteiger partial charge >= 0.3 is 0 Å². The molecule has 154 valence electrons. The zero-order valence-electron chi connectivity index (χ0n) is 17.3. The average molecular weight is 396 g/mol. The van der Waals surface area contributed by atoms with Crippen molar-refractivity contribution < 1.29 is 9.47 Å². The topological polar surface area (TPSA) is 83.6 Å². The van der Waals surface area contributed by atoms with E-state index in [1.807, 2.05) is 36.4 Å². The highest BCUT2D eigenvalue weighted by molar-refractivity contribution is 5.79. The van der Waals surface area contributed by atoms with Crippen molar-refractivity contribution in [2.75, 3.05) is 33.9 Å². The van der Waals surface area contributed by atoms with Gasteiger partial charge in [-0.05, 0) is 43.2 Å². The first kappa shape index (κ1) is 20.5. The highest BCUT2D eigenvalue weighted by atomic mass is 16.5. The van der Waals surface area contributed by atoms with Crippen LogP contribution in [0.1, 0.15) is 18.3 Å². The van der Waals surface area contributed by atoms with Crippen LogP contribution in [0.2, 0.25) is 0 Å². The van der Waals surface area contributed by atoms with Crippen molar-refractivity contribution in [2.45, 2.75) is 19.8 Å². The molecular weight excluding hydrogens is 366 g/mol. The third-order valence-corrected chi connectivity index (χ3v) is 4.56. The number of fused-ring (bicyclic) bond motifs is 1. The maximum absolute atomic E-state index is 5.37. The number of hydrogen-bond acceptors (Lipinski definition) is 4. The lowest BCUT2D eigenvalue weighted by Crippen LogP contribution is -2.38. The molecule has 3 aromatic rings. The molecule has 7 heteroatoms. The lowest BCUT2D eigenvalue weighted by atomic mass is 10.1. The van der Waals surface area contributed by atoms with Crippen LogP contribution in [0.4, 0.5) is 0 Å². The number of ether oxygens (including phenoxy) is 2. The second-order valence-corrected chi connectivity index (χ2v) is 6.58. The highest BCUT2D eigenvalue weighted by Gasteiger charge is 2.05. The van der Waals surface area contributed by atoms with Crippen LogP contribution in [0, 0.1) is 0 Å². The third kappa shape index (κ3) is 5.63. The summed E-state index contributed by atoms with van der Waals surface area (Å²) in [4.78, 5) is 12.6. The second kappa shape index (κ2) is 10.4. The van der Waals surface area contributed by atoms with Gasteiger partial charge in [-0.15, -0.1) is 0 Å². The van der Waals surface area contributed by atoms with Crippen molar-refractivity contribution >= 4 is 17.0 Å². The number of benzene rings is 2. The van der Waals surface area contributed by atoms with Gasteiger partial charge < -0.3 is 25.1 Å². The monoisotopic (exact) mass is 395 g/mol. The zero-order valence-corrected chi connectivity index (χ0v) is 17.3. The molecule has 3 rings (SSSR count). The second-order valence-electron chi connectivity index (χ2n) is 6.58. The first-order valence-corrected chi connectivity index (χ1v) is 9.90. The predicted molar refractivity (Wildman–Crippen MR) is 117 cm³/mol. The van der Waals surface area contributed by atoms with E-state index in [-0.39, 0.29) is 0 Å². The number of aliphatic imine (C=N–C) groups is 1. The summed E-state index contributed by atoms with van der Waals surface area (Å²) in [5.74, 6) is 3.25. The van der Waals surface area contributed by atoms with Crippen molar-refractivity contribution in [1.29, 1.82) is 0 Å². The van der Waals surface area contributed by atoms with Gasteiger partial charge in [-0.1, -0.05) is 18.2 Å². The molecule has 3 N–H and O–H groups in total. The van der Waals surface area contributed by atoms with Gasteiger partial charge in [-0.2, -0.15) is 0 Å². The predicted octanol–water partition coefficient (Wildman–Crippen LogP) is 2.92. The molecule has 0 radical (unpaired) electrons. The molecule has 0 aliphatic rings. The number of nitrogens with one attached hydrogen (secondary N) is 3. The Bertz CT molecular complexity index is 918. The van der Waals surface area contributed by atoms with Gasteiger partial charge in [-0.3, -0.25) is 4.99 Å². The molecule has 0 amide bonds. The molecule has 29 heavy (non-hydrogen) atoms. The van der Waals surface area contributed by atoms with E-state index in [2.05, 4.69) is 38.6 Å².